The van der Waals surface area contributed by atoms with Crippen LogP contribution in [0.3, 0.4) is 0 Å². The summed E-state index contributed by atoms with van der Waals surface area (Å²) in [4.78, 5) is 19.0. The highest BCUT2D eigenvalue weighted by molar-refractivity contribution is 7.80. The fourth-order valence-corrected chi connectivity index (χ4v) is 6.00. The third-order valence-electron chi connectivity index (χ3n) is 7.34. The van der Waals surface area contributed by atoms with Gasteiger partial charge in [-0.25, -0.2) is 0 Å². The highest BCUT2D eigenvalue weighted by Crippen LogP contribution is 2.44. The van der Waals surface area contributed by atoms with Crippen molar-refractivity contribution in [1.82, 2.24) is 14.9 Å². The zero-order valence-corrected chi connectivity index (χ0v) is 24.7. The smallest absolute Gasteiger partial charge is 0.250 e. The molecule has 2 N–H and O–H groups in total. The number of nitrogens with zero attached hydrogens (tertiary/aromatic N) is 3. The van der Waals surface area contributed by atoms with Crippen molar-refractivity contribution < 1.29 is 9.53 Å². The molecule has 2 aromatic heterocycles. The van der Waals surface area contributed by atoms with Crippen LogP contribution in [0.25, 0.3) is 5.69 Å². The van der Waals surface area contributed by atoms with E-state index in [1.165, 1.54) is 7.11 Å². The second-order valence-electron chi connectivity index (χ2n) is 10.1. The molecular formula is C31H32ClN5O2S. The SMILES string of the molecule is COCC(=O)Nc1ccc(N2C(=S)N[C@@H](c3ccccn3)[C@@H]2c2cc(C)n(-c3cc(Cl)ccc3C)c2C)cc1C. The second kappa shape index (κ2) is 11.4. The monoisotopic (exact) mass is 573 g/mol. The summed E-state index contributed by atoms with van der Waals surface area (Å²) in [5.41, 5.74) is 9.01. The fraction of sp³-hybridized carbons (Fsp3) is 0.258. The molecular weight excluding hydrogens is 542 g/mol. The number of carbonyl (C=O) groups is 1. The van der Waals surface area contributed by atoms with E-state index in [1.54, 1.807) is 6.20 Å². The normalized spacial score (nSPS) is 16.8. The molecule has 1 aliphatic heterocycles. The van der Waals surface area contributed by atoms with Crippen LogP contribution in [0.4, 0.5) is 11.4 Å². The molecule has 206 valence electrons. The van der Waals surface area contributed by atoms with E-state index < -0.39 is 0 Å². The second-order valence-corrected chi connectivity index (χ2v) is 10.9. The average molecular weight is 574 g/mol. The number of halogens is 1. The molecule has 9 heteroatoms. The zero-order chi connectivity index (χ0) is 28.6. The standard InChI is InChI=1S/C31H32ClN5O2S/c1-18-9-10-22(32)16-27(18)36-20(3)15-24(21(36)4)30-29(26-8-6-7-13-33-26)35-31(40)37(30)23-11-12-25(19(2)14-23)34-28(38)17-39-5/h6-16,29-30H,17H2,1-5H3,(H,34,38)(H,35,40)/t29-,30-/m0/s1. The molecule has 2 aromatic carbocycles. The van der Waals surface area contributed by atoms with Gasteiger partial charge in [-0.3, -0.25) is 9.78 Å². The number of hydrogen-bond donors (Lipinski definition) is 2. The summed E-state index contributed by atoms with van der Waals surface area (Å²) in [5.74, 6) is -0.200. The highest BCUT2D eigenvalue weighted by atomic mass is 35.5. The number of amides is 1. The predicted octanol–water partition coefficient (Wildman–Crippen LogP) is 6.52. The summed E-state index contributed by atoms with van der Waals surface area (Å²) in [5, 5.41) is 7.76. The maximum Gasteiger partial charge on any atom is 0.250 e. The number of aromatic nitrogens is 2. The Bertz CT molecular complexity index is 1590. The zero-order valence-electron chi connectivity index (χ0n) is 23.2. The quantitative estimate of drug-likeness (QED) is 0.245. The van der Waals surface area contributed by atoms with Gasteiger partial charge in [0.25, 0.3) is 0 Å². The number of benzene rings is 2. The van der Waals surface area contributed by atoms with Gasteiger partial charge in [0.1, 0.15) is 6.61 Å². The molecule has 3 heterocycles. The minimum absolute atomic E-state index is 0.00311. The van der Waals surface area contributed by atoms with E-state index in [0.717, 1.165) is 50.8 Å². The first-order valence-electron chi connectivity index (χ1n) is 13.0. The molecule has 7 nitrogen and oxygen atoms in total. The molecule has 0 spiro atoms. The molecule has 0 aliphatic carbocycles. The van der Waals surface area contributed by atoms with Crippen molar-refractivity contribution in [3.05, 3.63) is 106 Å². The minimum Gasteiger partial charge on any atom is -0.375 e. The molecule has 4 aromatic rings. The Hall–Kier alpha value is -3.72. The van der Waals surface area contributed by atoms with Gasteiger partial charge in [0.15, 0.2) is 5.11 Å². The predicted molar refractivity (Wildman–Crippen MR) is 165 cm³/mol. The lowest BCUT2D eigenvalue weighted by molar-refractivity contribution is -0.119. The molecule has 1 fully saturated rings. The van der Waals surface area contributed by atoms with Gasteiger partial charge in [0.05, 0.1) is 17.8 Å². The van der Waals surface area contributed by atoms with Crippen LogP contribution in [-0.4, -0.2) is 34.3 Å². The molecule has 0 bridgehead atoms. The molecule has 1 amide bonds. The van der Waals surface area contributed by atoms with E-state index in [1.807, 2.05) is 61.5 Å². The molecule has 0 radical (unpaired) electrons. The Kier molecular flexibility index (Phi) is 7.94. The number of thiocarbonyl (C=S) groups is 1. The summed E-state index contributed by atoms with van der Waals surface area (Å²) < 4.78 is 7.21. The number of carbonyl (C=O) groups excluding carboxylic acids is 1. The van der Waals surface area contributed by atoms with Gasteiger partial charge < -0.3 is 24.8 Å². The Morgan fingerprint density at radius 1 is 1.07 bits per heavy atom. The molecule has 2 atom stereocenters. The van der Waals surface area contributed by atoms with Crippen molar-refractivity contribution in [2.75, 3.05) is 23.9 Å². The summed E-state index contributed by atoms with van der Waals surface area (Å²) in [7, 11) is 1.50. The van der Waals surface area contributed by atoms with Crippen LogP contribution in [0.2, 0.25) is 5.02 Å². The third kappa shape index (κ3) is 5.22. The number of anilines is 2. The van der Waals surface area contributed by atoms with Crippen molar-refractivity contribution >= 4 is 46.2 Å². The molecule has 0 unspecified atom stereocenters. The first-order valence-corrected chi connectivity index (χ1v) is 13.8. The van der Waals surface area contributed by atoms with Crippen molar-refractivity contribution in [3.8, 4) is 5.69 Å². The van der Waals surface area contributed by atoms with Crippen LogP contribution >= 0.6 is 23.8 Å². The van der Waals surface area contributed by atoms with Gasteiger partial charge >= 0.3 is 0 Å². The van der Waals surface area contributed by atoms with E-state index >= 15 is 0 Å². The number of ether oxygens (including phenoxy) is 1. The van der Waals surface area contributed by atoms with Gasteiger partial charge in [0.2, 0.25) is 5.91 Å². The van der Waals surface area contributed by atoms with E-state index in [0.29, 0.717) is 10.1 Å². The molecule has 40 heavy (non-hydrogen) atoms. The molecule has 1 aliphatic rings. The topological polar surface area (TPSA) is 71.4 Å². The number of nitrogens with one attached hydrogen (secondary N) is 2. The van der Waals surface area contributed by atoms with Crippen molar-refractivity contribution in [2.45, 2.75) is 39.8 Å². The summed E-state index contributed by atoms with van der Waals surface area (Å²) in [6.45, 7) is 8.31. The third-order valence-corrected chi connectivity index (χ3v) is 7.89. The maximum absolute atomic E-state index is 12.1. The number of aryl methyl sites for hydroxylation is 3. The van der Waals surface area contributed by atoms with Gasteiger partial charge in [-0.15, -0.1) is 0 Å². The summed E-state index contributed by atoms with van der Waals surface area (Å²) in [6, 6.07) is 19.7. The maximum atomic E-state index is 12.1. The minimum atomic E-state index is -0.200. The first-order chi connectivity index (χ1) is 19.2. The van der Waals surface area contributed by atoms with Gasteiger partial charge in [0, 0.05) is 46.8 Å². The molecule has 5 rings (SSSR count). The Labute approximate surface area is 245 Å². The van der Waals surface area contributed by atoms with E-state index in [4.69, 9.17) is 33.5 Å². The highest BCUT2D eigenvalue weighted by Gasteiger charge is 2.42. The Balaban J connectivity index is 1.63. The fourth-order valence-electron chi connectivity index (χ4n) is 5.49. The lowest BCUT2D eigenvalue weighted by Gasteiger charge is -2.29. The average Bonchev–Trinajstić information content (AvgIpc) is 3.42. The van der Waals surface area contributed by atoms with Crippen molar-refractivity contribution in [2.24, 2.45) is 0 Å². The van der Waals surface area contributed by atoms with Gasteiger partial charge in [-0.05, 0) is 105 Å². The van der Waals surface area contributed by atoms with Gasteiger partial charge in [-0.2, -0.15) is 0 Å². The van der Waals surface area contributed by atoms with Crippen molar-refractivity contribution in [3.63, 3.8) is 0 Å². The Morgan fingerprint density at radius 2 is 1.88 bits per heavy atom. The van der Waals surface area contributed by atoms with E-state index in [2.05, 4.69) is 46.9 Å². The first kappa shape index (κ1) is 27.8. The summed E-state index contributed by atoms with van der Waals surface area (Å²) >= 11 is 12.4. The Morgan fingerprint density at radius 3 is 2.58 bits per heavy atom. The number of methoxy groups -OCH3 is 1. The lowest BCUT2D eigenvalue weighted by atomic mass is 9.96. The van der Waals surface area contributed by atoms with Crippen LogP contribution in [0.5, 0.6) is 0 Å². The largest absolute Gasteiger partial charge is 0.375 e. The molecule has 1 saturated heterocycles. The van der Waals surface area contributed by atoms with Crippen molar-refractivity contribution in [1.29, 1.82) is 0 Å². The van der Waals surface area contributed by atoms with Gasteiger partial charge in [-0.1, -0.05) is 23.7 Å². The number of pyridine rings is 1. The lowest BCUT2D eigenvalue weighted by Crippen LogP contribution is -2.29. The van der Waals surface area contributed by atoms with Crippen LogP contribution in [0.1, 0.15) is 45.9 Å². The molecule has 0 saturated carbocycles. The number of rotatable bonds is 7. The summed E-state index contributed by atoms with van der Waals surface area (Å²) in [6.07, 6.45) is 1.81. The van der Waals surface area contributed by atoms with Crippen LogP contribution in [0.15, 0.2) is 66.9 Å². The number of hydrogen-bond acceptors (Lipinski definition) is 4. The van der Waals surface area contributed by atoms with E-state index in [-0.39, 0.29) is 24.6 Å². The van der Waals surface area contributed by atoms with Crippen LogP contribution in [0, 0.1) is 27.7 Å². The van der Waals surface area contributed by atoms with Crippen LogP contribution < -0.4 is 15.5 Å². The van der Waals surface area contributed by atoms with Crippen LogP contribution in [-0.2, 0) is 9.53 Å². The van der Waals surface area contributed by atoms with E-state index in [9.17, 15) is 4.79 Å².